The number of hydrogen-bond donors (Lipinski definition) is 0. The number of aliphatic imine (C=N–C) groups is 1. The molecule has 0 radical (unpaired) electrons. The molecule has 3 heterocycles. The maximum absolute atomic E-state index is 5.71. The lowest BCUT2D eigenvalue weighted by Crippen LogP contribution is -2.04. The molecule has 102 valence electrons. The maximum atomic E-state index is 5.71. The van der Waals surface area contributed by atoms with Crippen molar-refractivity contribution in [2.75, 3.05) is 6.61 Å². The molecule has 1 aliphatic heterocycles. The van der Waals surface area contributed by atoms with Gasteiger partial charge < -0.3 is 4.74 Å². The molecule has 0 N–H and O–H groups in total. The van der Waals surface area contributed by atoms with Crippen molar-refractivity contribution in [3.63, 3.8) is 0 Å². The summed E-state index contributed by atoms with van der Waals surface area (Å²) in [7, 11) is 0. The molecule has 21 heavy (non-hydrogen) atoms. The standard InChI is InChI=1S/C17H13N3O/c1-2-5-12(6-3-1)15-11-21-17(20-15)14-9-8-13-7-4-10-18-16(13)19-14/h1-10,15H,11H2/t15-/m1/s1. The highest BCUT2D eigenvalue weighted by atomic mass is 16.5. The molecule has 0 saturated heterocycles. The lowest BCUT2D eigenvalue weighted by molar-refractivity contribution is 0.319. The second kappa shape index (κ2) is 4.98. The minimum absolute atomic E-state index is 0.0439. The number of rotatable bonds is 2. The van der Waals surface area contributed by atoms with Crippen molar-refractivity contribution in [3.8, 4) is 0 Å². The summed E-state index contributed by atoms with van der Waals surface area (Å²) in [5.74, 6) is 0.594. The third kappa shape index (κ3) is 2.25. The van der Waals surface area contributed by atoms with Crippen LogP contribution in [0.3, 0.4) is 0 Å². The smallest absolute Gasteiger partial charge is 0.236 e. The first-order chi connectivity index (χ1) is 10.4. The van der Waals surface area contributed by atoms with Gasteiger partial charge in [0, 0.05) is 11.6 Å². The van der Waals surface area contributed by atoms with Crippen LogP contribution in [0.15, 0.2) is 65.8 Å². The quantitative estimate of drug-likeness (QED) is 0.721. The van der Waals surface area contributed by atoms with Crippen molar-refractivity contribution in [3.05, 3.63) is 72.1 Å². The van der Waals surface area contributed by atoms with Gasteiger partial charge in [-0.15, -0.1) is 0 Å². The molecule has 2 aromatic heterocycles. The highest BCUT2D eigenvalue weighted by Crippen LogP contribution is 2.24. The average Bonchev–Trinajstić information content (AvgIpc) is 3.05. The Balaban J connectivity index is 1.69. The highest BCUT2D eigenvalue weighted by molar-refractivity contribution is 5.95. The predicted molar refractivity (Wildman–Crippen MR) is 81.2 cm³/mol. The fraction of sp³-hybridized carbons (Fsp3) is 0.118. The van der Waals surface area contributed by atoms with Crippen LogP contribution < -0.4 is 0 Å². The molecule has 4 heteroatoms. The molecule has 1 aromatic carbocycles. The summed E-state index contributed by atoms with van der Waals surface area (Å²) in [6.45, 7) is 0.557. The number of ether oxygens (including phenoxy) is 1. The van der Waals surface area contributed by atoms with Crippen LogP contribution in [0.4, 0.5) is 0 Å². The van der Waals surface area contributed by atoms with Gasteiger partial charge in [0.25, 0.3) is 0 Å². The first kappa shape index (κ1) is 12.0. The average molecular weight is 275 g/mol. The monoisotopic (exact) mass is 275 g/mol. The van der Waals surface area contributed by atoms with Crippen LogP contribution >= 0.6 is 0 Å². The Hall–Kier alpha value is -2.75. The summed E-state index contributed by atoms with van der Waals surface area (Å²) in [5, 5.41) is 1.01. The van der Waals surface area contributed by atoms with E-state index in [9.17, 15) is 0 Å². The van der Waals surface area contributed by atoms with Crippen molar-refractivity contribution in [1.82, 2.24) is 9.97 Å². The Labute approximate surface area is 122 Å². The summed E-state index contributed by atoms with van der Waals surface area (Å²) >= 11 is 0. The van der Waals surface area contributed by atoms with E-state index in [4.69, 9.17) is 4.74 Å². The lowest BCUT2D eigenvalue weighted by Gasteiger charge is -2.03. The molecule has 3 aromatic rings. The van der Waals surface area contributed by atoms with Crippen LogP contribution in [-0.4, -0.2) is 22.5 Å². The summed E-state index contributed by atoms with van der Waals surface area (Å²) in [4.78, 5) is 13.4. The lowest BCUT2D eigenvalue weighted by atomic mass is 10.1. The van der Waals surface area contributed by atoms with E-state index in [1.54, 1.807) is 6.20 Å². The highest BCUT2D eigenvalue weighted by Gasteiger charge is 2.22. The summed E-state index contributed by atoms with van der Waals surface area (Å²) in [6.07, 6.45) is 1.74. The number of pyridine rings is 2. The third-order valence-electron chi connectivity index (χ3n) is 3.52. The minimum atomic E-state index is 0.0439. The van der Waals surface area contributed by atoms with E-state index in [1.807, 2.05) is 42.5 Å². The normalized spacial score (nSPS) is 17.5. The molecule has 0 amide bonds. The zero-order chi connectivity index (χ0) is 14.1. The molecular weight excluding hydrogens is 262 g/mol. The van der Waals surface area contributed by atoms with Crippen molar-refractivity contribution in [2.24, 2.45) is 4.99 Å². The zero-order valence-corrected chi connectivity index (χ0v) is 11.3. The molecule has 0 unspecified atom stereocenters. The van der Waals surface area contributed by atoms with Gasteiger partial charge in [-0.05, 0) is 29.8 Å². The second-order valence-corrected chi connectivity index (χ2v) is 4.92. The van der Waals surface area contributed by atoms with Crippen LogP contribution in [0.5, 0.6) is 0 Å². The van der Waals surface area contributed by atoms with Gasteiger partial charge in [-0.25, -0.2) is 15.0 Å². The van der Waals surface area contributed by atoms with Crippen molar-refractivity contribution in [1.29, 1.82) is 0 Å². The van der Waals surface area contributed by atoms with Crippen LogP contribution in [0.1, 0.15) is 17.3 Å². The molecule has 4 nitrogen and oxygen atoms in total. The maximum Gasteiger partial charge on any atom is 0.236 e. The minimum Gasteiger partial charge on any atom is -0.474 e. The molecule has 0 fully saturated rings. The van der Waals surface area contributed by atoms with Crippen molar-refractivity contribution < 1.29 is 4.74 Å². The molecule has 0 saturated carbocycles. The van der Waals surface area contributed by atoms with Gasteiger partial charge >= 0.3 is 0 Å². The topological polar surface area (TPSA) is 47.4 Å². The molecular formula is C17H13N3O. The van der Waals surface area contributed by atoms with E-state index in [2.05, 4.69) is 27.1 Å². The summed E-state index contributed by atoms with van der Waals surface area (Å²) in [6, 6.07) is 18.0. The second-order valence-electron chi connectivity index (χ2n) is 4.92. The van der Waals surface area contributed by atoms with Crippen LogP contribution in [0, 0.1) is 0 Å². The Morgan fingerprint density at radius 3 is 2.76 bits per heavy atom. The Bertz CT molecular complexity index is 814. The number of aromatic nitrogens is 2. The fourth-order valence-corrected chi connectivity index (χ4v) is 2.43. The largest absolute Gasteiger partial charge is 0.474 e. The van der Waals surface area contributed by atoms with Gasteiger partial charge in [0.1, 0.15) is 18.3 Å². The van der Waals surface area contributed by atoms with E-state index in [0.717, 1.165) is 16.6 Å². The zero-order valence-electron chi connectivity index (χ0n) is 11.3. The molecule has 1 aliphatic rings. The van der Waals surface area contributed by atoms with Crippen LogP contribution in [0.25, 0.3) is 11.0 Å². The summed E-state index contributed by atoms with van der Waals surface area (Å²) < 4.78 is 5.71. The Kier molecular flexibility index (Phi) is 2.85. The number of benzene rings is 1. The fourth-order valence-electron chi connectivity index (χ4n) is 2.43. The van der Waals surface area contributed by atoms with Gasteiger partial charge in [-0.1, -0.05) is 30.3 Å². The molecule has 0 spiro atoms. The van der Waals surface area contributed by atoms with Crippen LogP contribution in [-0.2, 0) is 4.74 Å². The number of nitrogens with zero attached hydrogens (tertiary/aromatic N) is 3. The molecule has 0 aliphatic carbocycles. The van der Waals surface area contributed by atoms with Crippen LogP contribution in [0.2, 0.25) is 0 Å². The number of fused-ring (bicyclic) bond motifs is 1. The third-order valence-corrected chi connectivity index (χ3v) is 3.52. The molecule has 0 bridgehead atoms. The van der Waals surface area contributed by atoms with E-state index in [1.165, 1.54) is 0 Å². The van der Waals surface area contributed by atoms with E-state index < -0.39 is 0 Å². The van der Waals surface area contributed by atoms with Gasteiger partial charge in [0.05, 0.1) is 0 Å². The first-order valence-electron chi connectivity index (χ1n) is 6.88. The number of hydrogen-bond acceptors (Lipinski definition) is 4. The van der Waals surface area contributed by atoms with Gasteiger partial charge in [-0.3, -0.25) is 0 Å². The van der Waals surface area contributed by atoms with E-state index in [-0.39, 0.29) is 6.04 Å². The van der Waals surface area contributed by atoms with E-state index >= 15 is 0 Å². The Morgan fingerprint density at radius 1 is 0.952 bits per heavy atom. The van der Waals surface area contributed by atoms with Crippen molar-refractivity contribution in [2.45, 2.75) is 6.04 Å². The molecule has 1 atom stereocenters. The summed E-state index contributed by atoms with van der Waals surface area (Å²) in [5.41, 5.74) is 2.61. The predicted octanol–water partition coefficient (Wildman–Crippen LogP) is 3.15. The van der Waals surface area contributed by atoms with Gasteiger partial charge in [0.2, 0.25) is 5.90 Å². The first-order valence-corrected chi connectivity index (χ1v) is 6.88. The SMILES string of the molecule is c1ccc([C@H]2COC(c3ccc4cccnc4n3)=N2)cc1. The van der Waals surface area contributed by atoms with Crippen molar-refractivity contribution >= 4 is 16.9 Å². The van der Waals surface area contributed by atoms with E-state index in [0.29, 0.717) is 18.2 Å². The van der Waals surface area contributed by atoms with Gasteiger partial charge in [0.15, 0.2) is 5.65 Å². The molecule has 4 rings (SSSR count). The Morgan fingerprint density at radius 2 is 1.86 bits per heavy atom. The van der Waals surface area contributed by atoms with Gasteiger partial charge in [-0.2, -0.15) is 0 Å².